The van der Waals surface area contributed by atoms with Gasteiger partial charge in [0, 0.05) is 0 Å². The van der Waals surface area contributed by atoms with Crippen LogP contribution in [-0.2, 0) is 10.3 Å². The lowest BCUT2D eigenvalue weighted by molar-refractivity contribution is -0.101. The first-order chi connectivity index (χ1) is 8.73. The fraction of sp³-hybridized carbons (Fsp3) is 1.00. The molecule has 0 aromatic carbocycles. The third kappa shape index (κ3) is 3.84. The van der Waals surface area contributed by atoms with E-state index in [1.54, 1.807) is 0 Å². The Hall–Kier alpha value is -0.370. The molecule has 0 amide bonds. The van der Waals surface area contributed by atoms with E-state index in [0.29, 0.717) is 0 Å². The van der Waals surface area contributed by atoms with Gasteiger partial charge >= 0.3 is 10.3 Å². The molecule has 0 rings (SSSR count). The third-order valence-electron chi connectivity index (χ3n) is 2.86. The van der Waals surface area contributed by atoms with Gasteiger partial charge in [-0.2, -0.15) is 12.7 Å². The molecule has 0 aromatic rings. The van der Waals surface area contributed by atoms with E-state index in [2.05, 4.69) is 0 Å². The lowest BCUT2D eigenvalue weighted by atomic mass is 9.94. The maximum Gasteiger partial charge on any atom is 0.337 e. The minimum absolute atomic E-state index is 0. The highest BCUT2D eigenvalue weighted by atomic mass is 32.2. The highest BCUT2D eigenvalue weighted by Crippen LogP contribution is 2.28. The number of aliphatic hydroxyl groups excluding tert-OH is 6. The van der Waals surface area contributed by atoms with Crippen molar-refractivity contribution in [2.24, 2.45) is 0 Å². The highest BCUT2D eigenvalue weighted by molar-refractivity contribution is 7.83. The summed E-state index contributed by atoms with van der Waals surface area (Å²) in [5, 5.41) is 55.1. The Bertz CT molecular complexity index is 327. The molecule has 0 unspecified atom stereocenters. The average Bonchev–Trinajstić information content (AvgIpc) is 2.40. The van der Waals surface area contributed by atoms with Gasteiger partial charge in [-0.15, -0.1) is 0 Å². The summed E-state index contributed by atoms with van der Waals surface area (Å²) in [4.78, 5) is 0. The van der Waals surface area contributed by atoms with E-state index < -0.39 is 61.0 Å². The Labute approximate surface area is 117 Å². The van der Waals surface area contributed by atoms with E-state index in [1.807, 2.05) is 0 Å². The van der Waals surface area contributed by atoms with E-state index in [9.17, 15) is 39.1 Å². The topological polar surface area (TPSA) is 179 Å². The molecule has 20 heavy (non-hydrogen) atoms. The van der Waals surface area contributed by atoms with Gasteiger partial charge in [0.05, 0.1) is 39.6 Å². The van der Waals surface area contributed by atoms with Crippen molar-refractivity contribution in [1.82, 2.24) is 4.31 Å². The van der Waals surface area contributed by atoms with Crippen molar-refractivity contribution >= 4 is 10.3 Å². The molecule has 7 N–H and O–H groups in total. The Balaban J connectivity index is 0. The standard InChI is InChI=1S/C8H19NO9S.CH4/c10-1-7(2-11,3-12)9(19(16,17)18)8(4-13,5-14)6-15;/h10-15H,1-6H2,(H,16,17,18);1H4. The Morgan fingerprint density at radius 2 is 0.900 bits per heavy atom. The monoisotopic (exact) mass is 321 g/mol. The van der Waals surface area contributed by atoms with Crippen LogP contribution in [0.5, 0.6) is 0 Å². The van der Waals surface area contributed by atoms with Gasteiger partial charge in [0.15, 0.2) is 0 Å². The van der Waals surface area contributed by atoms with Gasteiger partial charge in [-0.3, -0.25) is 4.55 Å². The number of hydrogen-bond acceptors (Lipinski definition) is 8. The summed E-state index contributed by atoms with van der Waals surface area (Å²) in [7, 11) is -5.18. The van der Waals surface area contributed by atoms with Gasteiger partial charge < -0.3 is 30.6 Å². The molecule has 0 aliphatic heterocycles. The molecule has 124 valence electrons. The Morgan fingerprint density at radius 1 is 0.700 bits per heavy atom. The highest BCUT2D eigenvalue weighted by Gasteiger charge is 2.54. The average molecular weight is 321 g/mol. The molecule has 10 nitrogen and oxygen atoms in total. The smallest absolute Gasteiger partial charge is 0.337 e. The van der Waals surface area contributed by atoms with Gasteiger partial charge in [-0.1, -0.05) is 7.43 Å². The van der Waals surface area contributed by atoms with E-state index in [0.717, 1.165) is 0 Å². The summed E-state index contributed by atoms with van der Waals surface area (Å²) in [6.45, 7) is -6.74. The first-order valence-corrected chi connectivity index (χ1v) is 6.56. The van der Waals surface area contributed by atoms with Crippen LogP contribution >= 0.6 is 0 Å². The van der Waals surface area contributed by atoms with Crippen molar-refractivity contribution in [3.05, 3.63) is 0 Å². The molecule has 0 fully saturated rings. The second-order valence-corrected chi connectivity index (χ2v) is 5.40. The molecule has 0 saturated carbocycles. The molecular formula is C9H23NO9S. The fourth-order valence-electron chi connectivity index (χ4n) is 1.68. The Morgan fingerprint density at radius 3 is 1.00 bits per heavy atom. The van der Waals surface area contributed by atoms with Gasteiger partial charge in [0.25, 0.3) is 0 Å². The molecule has 0 aliphatic rings. The van der Waals surface area contributed by atoms with Crippen molar-refractivity contribution < 1.29 is 43.6 Å². The lowest BCUT2D eigenvalue weighted by Gasteiger charge is -2.47. The third-order valence-corrected chi connectivity index (χ3v) is 4.09. The molecule has 0 atom stereocenters. The predicted molar refractivity (Wildman–Crippen MR) is 68.1 cm³/mol. The maximum absolute atomic E-state index is 11.4. The molecule has 0 spiro atoms. The molecule has 0 heterocycles. The first kappa shape index (κ1) is 21.9. The summed E-state index contributed by atoms with van der Waals surface area (Å²) in [6, 6.07) is 0. The molecule has 0 aromatic heterocycles. The van der Waals surface area contributed by atoms with Crippen LogP contribution in [0.1, 0.15) is 7.43 Å². The van der Waals surface area contributed by atoms with Crippen LogP contribution in [0.3, 0.4) is 0 Å². The van der Waals surface area contributed by atoms with Crippen molar-refractivity contribution in [2.75, 3.05) is 39.6 Å². The normalized spacial score (nSPS) is 13.4. The zero-order valence-electron chi connectivity index (χ0n) is 10.0. The largest absolute Gasteiger partial charge is 0.394 e. The van der Waals surface area contributed by atoms with Crippen molar-refractivity contribution in [1.29, 1.82) is 0 Å². The molecule has 0 bridgehead atoms. The SMILES string of the molecule is C.O=S(=O)(O)N(C(CO)(CO)CO)C(CO)(CO)CO. The fourth-order valence-corrected chi connectivity index (χ4v) is 3.00. The zero-order valence-corrected chi connectivity index (χ0v) is 10.9. The van der Waals surface area contributed by atoms with E-state index in [1.165, 1.54) is 0 Å². The number of nitrogens with zero attached hydrogens (tertiary/aromatic N) is 1. The first-order valence-electron chi connectivity index (χ1n) is 5.16. The zero-order chi connectivity index (χ0) is 15.3. The van der Waals surface area contributed by atoms with Crippen LogP contribution in [0.2, 0.25) is 0 Å². The van der Waals surface area contributed by atoms with Crippen molar-refractivity contribution in [3.63, 3.8) is 0 Å². The molecule has 0 aliphatic carbocycles. The second kappa shape index (κ2) is 8.17. The predicted octanol–water partition coefficient (Wildman–Crippen LogP) is -3.84. The van der Waals surface area contributed by atoms with E-state index in [-0.39, 0.29) is 11.7 Å². The number of hydrogen-bond donors (Lipinski definition) is 7. The summed E-state index contributed by atoms with van der Waals surface area (Å²) in [6.07, 6.45) is 0. The van der Waals surface area contributed by atoms with Crippen molar-refractivity contribution in [2.45, 2.75) is 18.5 Å². The molecule has 0 radical (unpaired) electrons. The summed E-state index contributed by atoms with van der Waals surface area (Å²) >= 11 is 0. The van der Waals surface area contributed by atoms with E-state index >= 15 is 0 Å². The van der Waals surface area contributed by atoms with Crippen LogP contribution in [0.25, 0.3) is 0 Å². The van der Waals surface area contributed by atoms with Gasteiger partial charge in [0.2, 0.25) is 0 Å². The summed E-state index contributed by atoms with van der Waals surface area (Å²) in [5.41, 5.74) is -4.61. The van der Waals surface area contributed by atoms with Crippen molar-refractivity contribution in [3.8, 4) is 0 Å². The number of rotatable bonds is 9. The van der Waals surface area contributed by atoms with Crippen LogP contribution in [0, 0.1) is 0 Å². The summed E-state index contributed by atoms with van der Waals surface area (Å²) in [5.74, 6) is 0. The van der Waals surface area contributed by atoms with Gasteiger partial charge in [-0.05, 0) is 0 Å². The minimum Gasteiger partial charge on any atom is -0.394 e. The van der Waals surface area contributed by atoms with Gasteiger partial charge in [0.1, 0.15) is 11.1 Å². The second-order valence-electron chi connectivity index (χ2n) is 4.14. The summed E-state index contributed by atoms with van der Waals surface area (Å²) < 4.78 is 31.9. The molecule has 0 saturated heterocycles. The minimum atomic E-state index is -5.18. The van der Waals surface area contributed by atoms with Crippen LogP contribution in [0.4, 0.5) is 0 Å². The van der Waals surface area contributed by atoms with Gasteiger partial charge in [-0.25, -0.2) is 0 Å². The quantitative estimate of drug-likeness (QED) is 0.209. The lowest BCUT2D eigenvalue weighted by Crippen LogP contribution is -2.71. The van der Waals surface area contributed by atoms with Crippen LogP contribution in [0.15, 0.2) is 0 Å². The Kier molecular flexibility index (Phi) is 8.95. The van der Waals surface area contributed by atoms with Crippen LogP contribution in [-0.4, -0.2) is 98.6 Å². The van der Waals surface area contributed by atoms with Crippen LogP contribution < -0.4 is 0 Å². The van der Waals surface area contributed by atoms with E-state index in [4.69, 9.17) is 4.55 Å². The maximum atomic E-state index is 11.4. The number of aliphatic hydroxyl groups is 6. The molecule has 11 heteroatoms. The molecular weight excluding hydrogens is 298 g/mol.